The Morgan fingerprint density at radius 2 is 2.12 bits per heavy atom. The van der Waals surface area contributed by atoms with E-state index in [9.17, 15) is 9.59 Å². The number of carbonyl (C=O) groups is 2. The van der Waals surface area contributed by atoms with Crippen molar-refractivity contribution in [2.45, 2.75) is 51.6 Å². The van der Waals surface area contributed by atoms with Gasteiger partial charge in [-0.25, -0.2) is 0 Å². The molecule has 0 aliphatic heterocycles. The third kappa shape index (κ3) is 3.81. The van der Waals surface area contributed by atoms with Crippen molar-refractivity contribution in [3.05, 3.63) is 0 Å². The smallest absolute Gasteiger partial charge is 0.237 e. The molecule has 0 aromatic heterocycles. The Hall–Kier alpha value is -1.10. The number of hydrogen-bond acceptors (Lipinski definition) is 3. The molecule has 1 saturated carbocycles. The van der Waals surface area contributed by atoms with E-state index in [1.54, 1.807) is 0 Å². The predicted octanol–water partition coefficient (Wildman–Crippen LogP) is -0.116. The molecule has 0 heterocycles. The van der Waals surface area contributed by atoms with Crippen LogP contribution in [0.2, 0.25) is 0 Å². The average Bonchev–Trinajstić information content (AvgIpc) is 2.44. The molecular formula is C11H21N3O2. The Morgan fingerprint density at radius 1 is 1.50 bits per heavy atom. The highest BCUT2D eigenvalue weighted by Gasteiger charge is 2.32. The van der Waals surface area contributed by atoms with E-state index in [1.165, 1.54) is 0 Å². The Balaban J connectivity index is 2.38. The van der Waals surface area contributed by atoms with Gasteiger partial charge in [0.25, 0.3) is 0 Å². The lowest BCUT2D eigenvalue weighted by atomic mass is 9.92. The second kappa shape index (κ2) is 4.82. The van der Waals surface area contributed by atoms with Gasteiger partial charge in [-0.2, -0.15) is 0 Å². The third-order valence-electron chi connectivity index (χ3n) is 3.07. The molecule has 5 nitrogen and oxygen atoms in total. The minimum Gasteiger partial charge on any atom is -0.370 e. The zero-order valence-electron chi connectivity index (χ0n) is 9.95. The van der Waals surface area contributed by atoms with Crippen LogP contribution in [0.3, 0.4) is 0 Å². The summed E-state index contributed by atoms with van der Waals surface area (Å²) >= 11 is 0. The molecule has 2 unspecified atom stereocenters. The van der Waals surface area contributed by atoms with Crippen molar-refractivity contribution in [2.75, 3.05) is 0 Å². The lowest BCUT2D eigenvalue weighted by Crippen LogP contribution is -2.46. The largest absolute Gasteiger partial charge is 0.370 e. The average molecular weight is 227 g/mol. The van der Waals surface area contributed by atoms with Gasteiger partial charge in [0.2, 0.25) is 11.8 Å². The molecule has 1 aliphatic carbocycles. The summed E-state index contributed by atoms with van der Waals surface area (Å²) < 4.78 is 0. The van der Waals surface area contributed by atoms with Gasteiger partial charge < -0.3 is 16.8 Å². The number of rotatable bonds is 4. The molecule has 2 atom stereocenters. The topological polar surface area (TPSA) is 98.2 Å². The fourth-order valence-corrected chi connectivity index (χ4v) is 2.18. The summed E-state index contributed by atoms with van der Waals surface area (Å²) in [7, 11) is 0. The molecule has 0 aromatic rings. The second-order valence-corrected chi connectivity index (χ2v) is 5.39. The van der Waals surface area contributed by atoms with Crippen LogP contribution in [0.25, 0.3) is 0 Å². The van der Waals surface area contributed by atoms with Crippen molar-refractivity contribution < 1.29 is 9.59 Å². The molecule has 0 saturated heterocycles. The minimum absolute atomic E-state index is 0.0953. The molecule has 0 radical (unpaired) electrons. The van der Waals surface area contributed by atoms with Gasteiger partial charge in [-0.05, 0) is 24.7 Å². The van der Waals surface area contributed by atoms with Crippen molar-refractivity contribution in [1.29, 1.82) is 0 Å². The minimum atomic E-state index is -0.818. The second-order valence-electron chi connectivity index (χ2n) is 5.39. The highest BCUT2D eigenvalue weighted by Crippen LogP contribution is 2.36. The Morgan fingerprint density at radius 3 is 2.56 bits per heavy atom. The fraction of sp³-hybridized carbons (Fsp3) is 0.818. The summed E-state index contributed by atoms with van der Waals surface area (Å²) in [4.78, 5) is 22.2. The number of primary amides is 1. The Kier molecular flexibility index (Phi) is 3.91. The molecule has 92 valence electrons. The number of hydrogen-bond donors (Lipinski definition) is 3. The van der Waals surface area contributed by atoms with Gasteiger partial charge in [-0.1, -0.05) is 13.8 Å². The van der Waals surface area contributed by atoms with Crippen LogP contribution >= 0.6 is 0 Å². The first-order chi connectivity index (χ1) is 7.30. The van der Waals surface area contributed by atoms with Gasteiger partial charge in [-0.3, -0.25) is 9.59 Å². The van der Waals surface area contributed by atoms with Gasteiger partial charge in [-0.15, -0.1) is 0 Å². The molecule has 0 aromatic carbocycles. The van der Waals surface area contributed by atoms with Crippen molar-refractivity contribution in [3.63, 3.8) is 0 Å². The highest BCUT2D eigenvalue weighted by molar-refractivity contribution is 5.87. The predicted molar refractivity (Wildman–Crippen MR) is 61.3 cm³/mol. The van der Waals surface area contributed by atoms with Gasteiger partial charge in [0.15, 0.2) is 0 Å². The first kappa shape index (κ1) is 13.0. The molecule has 1 fully saturated rings. The molecule has 16 heavy (non-hydrogen) atoms. The number of nitrogens with one attached hydrogen (secondary N) is 1. The van der Waals surface area contributed by atoms with Crippen molar-refractivity contribution in [1.82, 2.24) is 5.32 Å². The van der Waals surface area contributed by atoms with E-state index in [0.717, 1.165) is 19.3 Å². The third-order valence-corrected chi connectivity index (χ3v) is 3.07. The molecule has 1 rings (SSSR count). The maximum Gasteiger partial charge on any atom is 0.237 e. The molecule has 1 aliphatic rings. The van der Waals surface area contributed by atoms with Crippen molar-refractivity contribution in [3.8, 4) is 0 Å². The van der Waals surface area contributed by atoms with Gasteiger partial charge >= 0.3 is 0 Å². The van der Waals surface area contributed by atoms with Gasteiger partial charge in [0, 0.05) is 6.04 Å². The SMILES string of the molecule is CC1(C)CCC(NC(=O)C(N)CC(N)=O)C1. The molecule has 0 bridgehead atoms. The molecule has 5 heteroatoms. The van der Waals surface area contributed by atoms with E-state index in [4.69, 9.17) is 11.5 Å². The summed E-state index contributed by atoms with van der Waals surface area (Å²) in [5.74, 6) is -0.823. The first-order valence-corrected chi connectivity index (χ1v) is 5.64. The van der Waals surface area contributed by atoms with E-state index in [2.05, 4.69) is 19.2 Å². The van der Waals surface area contributed by atoms with E-state index in [-0.39, 0.29) is 23.8 Å². The highest BCUT2D eigenvalue weighted by atomic mass is 16.2. The Labute approximate surface area is 95.9 Å². The molecule has 2 amide bonds. The lowest BCUT2D eigenvalue weighted by molar-refractivity contribution is -0.126. The van der Waals surface area contributed by atoms with Crippen LogP contribution in [-0.4, -0.2) is 23.9 Å². The number of amides is 2. The normalized spacial score (nSPS) is 25.1. The lowest BCUT2D eigenvalue weighted by Gasteiger charge is -2.19. The van der Waals surface area contributed by atoms with Crippen LogP contribution in [0.15, 0.2) is 0 Å². The van der Waals surface area contributed by atoms with Crippen LogP contribution in [0.5, 0.6) is 0 Å². The van der Waals surface area contributed by atoms with Crippen LogP contribution < -0.4 is 16.8 Å². The van der Waals surface area contributed by atoms with Crippen LogP contribution in [0, 0.1) is 5.41 Å². The van der Waals surface area contributed by atoms with Gasteiger partial charge in [0.05, 0.1) is 12.5 Å². The Bertz CT molecular complexity index is 289. The van der Waals surface area contributed by atoms with E-state index in [1.807, 2.05) is 0 Å². The summed E-state index contributed by atoms with van der Waals surface area (Å²) in [5, 5.41) is 2.87. The molecule has 5 N–H and O–H groups in total. The van der Waals surface area contributed by atoms with Crippen molar-refractivity contribution >= 4 is 11.8 Å². The van der Waals surface area contributed by atoms with E-state index in [0.29, 0.717) is 0 Å². The standard InChI is InChI=1S/C11H21N3O2/c1-11(2)4-3-7(6-11)14-10(16)8(12)5-9(13)15/h7-8H,3-6,12H2,1-2H3,(H2,13,15)(H,14,16). The van der Waals surface area contributed by atoms with E-state index >= 15 is 0 Å². The van der Waals surface area contributed by atoms with Crippen LogP contribution in [-0.2, 0) is 9.59 Å². The molecule has 0 spiro atoms. The number of nitrogens with two attached hydrogens (primary N) is 2. The van der Waals surface area contributed by atoms with Crippen LogP contribution in [0.1, 0.15) is 39.5 Å². The van der Waals surface area contributed by atoms with Crippen LogP contribution in [0.4, 0.5) is 0 Å². The van der Waals surface area contributed by atoms with Gasteiger partial charge in [0.1, 0.15) is 0 Å². The maximum atomic E-state index is 11.6. The molecular weight excluding hydrogens is 206 g/mol. The summed E-state index contributed by atoms with van der Waals surface area (Å²) in [5.41, 5.74) is 10.8. The van der Waals surface area contributed by atoms with E-state index < -0.39 is 11.9 Å². The monoisotopic (exact) mass is 227 g/mol. The zero-order valence-corrected chi connectivity index (χ0v) is 9.95. The van der Waals surface area contributed by atoms with Crippen molar-refractivity contribution in [2.24, 2.45) is 16.9 Å². The number of carbonyl (C=O) groups excluding carboxylic acids is 2. The summed E-state index contributed by atoms with van der Waals surface area (Å²) in [6, 6.07) is -0.636. The fourth-order valence-electron chi connectivity index (χ4n) is 2.18. The summed E-state index contributed by atoms with van der Waals surface area (Å²) in [6.45, 7) is 4.37. The zero-order chi connectivity index (χ0) is 12.3. The first-order valence-electron chi connectivity index (χ1n) is 5.64. The summed E-state index contributed by atoms with van der Waals surface area (Å²) in [6.07, 6.45) is 2.94. The quantitative estimate of drug-likeness (QED) is 0.624. The maximum absolute atomic E-state index is 11.6.